The van der Waals surface area contributed by atoms with Crippen molar-refractivity contribution in [3.8, 4) is 17.9 Å². The highest BCUT2D eigenvalue weighted by Gasteiger charge is 2.40. The van der Waals surface area contributed by atoms with Crippen molar-refractivity contribution in [1.82, 2.24) is 15.1 Å². The van der Waals surface area contributed by atoms with Crippen LogP contribution >= 0.6 is 0 Å². The zero-order chi connectivity index (χ0) is 30.8. The minimum atomic E-state index is -0.723. The van der Waals surface area contributed by atoms with E-state index in [1.807, 2.05) is 12.1 Å². The number of benzene rings is 3. The fourth-order valence-electron chi connectivity index (χ4n) is 6.03. The lowest BCUT2D eigenvalue weighted by atomic mass is 10.0. The summed E-state index contributed by atoms with van der Waals surface area (Å²) in [4.78, 5) is 42.8. The zero-order valence-electron chi connectivity index (χ0n) is 23.9. The third-order valence-electron chi connectivity index (χ3n) is 8.41. The first kappa shape index (κ1) is 28.8. The number of hydrogen-bond acceptors (Lipinski definition) is 8. The van der Waals surface area contributed by atoms with Gasteiger partial charge in [-0.05, 0) is 48.4 Å². The maximum Gasteiger partial charge on any atom is 0.255 e. The van der Waals surface area contributed by atoms with Gasteiger partial charge in [-0.3, -0.25) is 24.6 Å². The molecule has 3 amide bonds. The molecule has 0 spiro atoms. The van der Waals surface area contributed by atoms with Crippen molar-refractivity contribution in [2.75, 3.05) is 31.1 Å². The van der Waals surface area contributed by atoms with Crippen molar-refractivity contribution in [3.05, 3.63) is 93.8 Å². The van der Waals surface area contributed by atoms with Gasteiger partial charge in [0.1, 0.15) is 30.3 Å². The maximum atomic E-state index is 15.2. The van der Waals surface area contributed by atoms with Crippen molar-refractivity contribution >= 4 is 23.4 Å². The van der Waals surface area contributed by atoms with E-state index in [1.54, 1.807) is 36.4 Å². The number of fused-ring (bicyclic) bond motifs is 1. The molecule has 0 aromatic heterocycles. The van der Waals surface area contributed by atoms with Crippen molar-refractivity contribution < 1.29 is 23.5 Å². The summed E-state index contributed by atoms with van der Waals surface area (Å²) in [5, 5.41) is 20.9. The SMILES string of the molecule is N#Cc1ccc(N2CCN(Cc3ccc(COc4cccc5c4CN([C@H]4CCC(=O)NC4=O)C5=O)c(F)c3)CC2)c(C#N)c1. The summed E-state index contributed by atoms with van der Waals surface area (Å²) in [6, 6.07) is 18.9. The molecule has 0 bridgehead atoms. The number of rotatable bonds is 7. The minimum Gasteiger partial charge on any atom is -0.488 e. The van der Waals surface area contributed by atoms with Crippen LogP contribution in [0.15, 0.2) is 54.6 Å². The first-order valence-electron chi connectivity index (χ1n) is 14.4. The molecule has 222 valence electrons. The van der Waals surface area contributed by atoms with Gasteiger partial charge in [-0.2, -0.15) is 10.5 Å². The monoisotopic (exact) mass is 592 g/mol. The lowest BCUT2D eigenvalue weighted by Crippen LogP contribution is -2.52. The Morgan fingerprint density at radius 3 is 2.52 bits per heavy atom. The van der Waals surface area contributed by atoms with Crippen molar-refractivity contribution in [1.29, 1.82) is 10.5 Å². The van der Waals surface area contributed by atoms with Crippen LogP contribution < -0.4 is 15.0 Å². The average molecular weight is 593 g/mol. The summed E-state index contributed by atoms with van der Waals surface area (Å²) in [7, 11) is 0. The van der Waals surface area contributed by atoms with Crippen molar-refractivity contribution in [2.45, 2.75) is 38.6 Å². The van der Waals surface area contributed by atoms with E-state index in [2.05, 4.69) is 27.3 Å². The van der Waals surface area contributed by atoms with Crippen LogP contribution in [0.4, 0.5) is 10.1 Å². The molecular formula is C33H29FN6O4. The average Bonchev–Trinajstić information content (AvgIpc) is 3.37. The van der Waals surface area contributed by atoms with Gasteiger partial charge in [0.25, 0.3) is 5.91 Å². The highest BCUT2D eigenvalue weighted by atomic mass is 19.1. The minimum absolute atomic E-state index is 0.0281. The Bertz CT molecular complexity index is 1740. The molecule has 11 heteroatoms. The summed E-state index contributed by atoms with van der Waals surface area (Å²) in [6.07, 6.45) is 0.445. The Morgan fingerprint density at radius 1 is 0.977 bits per heavy atom. The molecule has 3 aromatic rings. The Hall–Kier alpha value is -5.26. The molecule has 3 aliphatic heterocycles. The fraction of sp³-hybridized carbons (Fsp3) is 0.303. The summed E-state index contributed by atoms with van der Waals surface area (Å²) in [5.74, 6) is -1.04. The Kier molecular flexibility index (Phi) is 7.97. The number of nitrogens with one attached hydrogen (secondary N) is 1. The number of ether oxygens (including phenoxy) is 1. The predicted molar refractivity (Wildman–Crippen MR) is 157 cm³/mol. The van der Waals surface area contributed by atoms with Gasteiger partial charge in [0.15, 0.2) is 0 Å². The van der Waals surface area contributed by atoms with E-state index >= 15 is 4.39 Å². The third kappa shape index (κ3) is 5.70. The van der Waals surface area contributed by atoms with Gasteiger partial charge in [0, 0.05) is 55.8 Å². The second kappa shape index (κ2) is 12.2. The second-order valence-corrected chi connectivity index (χ2v) is 11.1. The quantitative estimate of drug-likeness (QED) is 0.414. The van der Waals surface area contributed by atoms with E-state index in [0.717, 1.165) is 24.3 Å². The van der Waals surface area contributed by atoms with E-state index < -0.39 is 11.9 Å². The Balaban J connectivity index is 1.05. The number of piperidine rings is 1. The third-order valence-corrected chi connectivity index (χ3v) is 8.41. The standard InChI is InChI=1S/C33H29FN6O4/c34-27-15-22(18-38-10-12-39(13-11-38)28-7-5-21(16-35)14-24(28)17-36)4-6-23(27)20-44-30-3-1-2-25-26(30)19-40(33(25)43)29-8-9-31(41)37-32(29)42/h1-7,14-15,29H,8-13,18-20H2,(H,37,41,42)/t29-/m0/s1. The molecule has 3 aliphatic rings. The van der Waals surface area contributed by atoms with Crippen molar-refractivity contribution in [3.63, 3.8) is 0 Å². The summed E-state index contributed by atoms with van der Waals surface area (Å²) in [6.45, 7) is 3.62. The maximum absolute atomic E-state index is 15.2. The molecule has 6 rings (SSSR count). The number of nitrogens with zero attached hydrogens (tertiary/aromatic N) is 5. The Morgan fingerprint density at radius 2 is 1.80 bits per heavy atom. The zero-order valence-corrected chi connectivity index (χ0v) is 23.9. The van der Waals surface area contributed by atoms with Gasteiger partial charge >= 0.3 is 0 Å². The van der Waals surface area contributed by atoms with Gasteiger partial charge in [0.2, 0.25) is 11.8 Å². The number of carbonyl (C=O) groups excluding carboxylic acids is 3. The first-order chi connectivity index (χ1) is 21.3. The molecule has 2 saturated heterocycles. The molecule has 44 heavy (non-hydrogen) atoms. The van der Waals surface area contributed by atoms with E-state index in [9.17, 15) is 19.6 Å². The summed E-state index contributed by atoms with van der Waals surface area (Å²) >= 11 is 0. The van der Waals surface area contributed by atoms with Crippen LogP contribution in [-0.2, 0) is 29.3 Å². The highest BCUT2D eigenvalue weighted by molar-refractivity contribution is 6.05. The molecule has 0 aliphatic carbocycles. The number of halogens is 1. The number of anilines is 1. The molecule has 0 radical (unpaired) electrons. The number of hydrogen-bond donors (Lipinski definition) is 1. The summed E-state index contributed by atoms with van der Waals surface area (Å²) in [5.41, 5.74) is 4.05. The molecule has 0 saturated carbocycles. The first-order valence-corrected chi connectivity index (χ1v) is 14.4. The van der Waals surface area contributed by atoms with Gasteiger partial charge in [-0.15, -0.1) is 0 Å². The molecule has 3 heterocycles. The van der Waals surface area contributed by atoms with Gasteiger partial charge in [0.05, 0.1) is 29.4 Å². The molecule has 10 nitrogen and oxygen atoms in total. The number of imide groups is 1. The number of amides is 3. The van der Waals surface area contributed by atoms with Gasteiger partial charge < -0.3 is 14.5 Å². The second-order valence-electron chi connectivity index (χ2n) is 11.1. The number of piperazine rings is 1. The van der Waals surface area contributed by atoms with Crippen molar-refractivity contribution in [2.24, 2.45) is 0 Å². The van der Waals surface area contributed by atoms with Crippen LogP contribution in [0.2, 0.25) is 0 Å². The smallest absolute Gasteiger partial charge is 0.255 e. The molecule has 0 unspecified atom stereocenters. The van der Waals surface area contributed by atoms with E-state index in [0.29, 0.717) is 53.2 Å². The van der Waals surface area contributed by atoms with Crippen LogP contribution in [0, 0.1) is 28.5 Å². The summed E-state index contributed by atoms with van der Waals surface area (Å²) < 4.78 is 21.1. The molecule has 2 fully saturated rings. The predicted octanol–water partition coefficient (Wildman–Crippen LogP) is 3.23. The largest absolute Gasteiger partial charge is 0.488 e. The highest BCUT2D eigenvalue weighted by Crippen LogP contribution is 2.34. The van der Waals surface area contributed by atoms with Crippen LogP contribution in [0.25, 0.3) is 0 Å². The lowest BCUT2D eigenvalue weighted by Gasteiger charge is -2.36. The normalized spacial score (nSPS) is 18.4. The topological polar surface area (TPSA) is 130 Å². The molecule has 3 aromatic carbocycles. The van der Waals surface area contributed by atoms with Gasteiger partial charge in [-0.25, -0.2) is 4.39 Å². The number of carbonyl (C=O) groups is 3. The molecule has 1 N–H and O–H groups in total. The van der Waals surface area contributed by atoms with Crippen LogP contribution in [0.3, 0.4) is 0 Å². The molecular weight excluding hydrogens is 563 g/mol. The van der Waals surface area contributed by atoms with Crippen LogP contribution in [0.5, 0.6) is 5.75 Å². The van der Waals surface area contributed by atoms with E-state index in [1.165, 1.54) is 11.0 Å². The van der Waals surface area contributed by atoms with E-state index in [4.69, 9.17) is 10.00 Å². The van der Waals surface area contributed by atoms with Gasteiger partial charge in [-0.1, -0.05) is 18.2 Å². The Labute approximate surface area is 253 Å². The van der Waals surface area contributed by atoms with E-state index in [-0.39, 0.29) is 43.6 Å². The number of nitriles is 2. The van der Waals surface area contributed by atoms with Crippen LogP contribution in [-0.4, -0.2) is 59.7 Å². The fourth-order valence-corrected chi connectivity index (χ4v) is 6.03. The van der Waals surface area contributed by atoms with Crippen LogP contribution in [0.1, 0.15) is 51.0 Å². The molecule has 1 atom stereocenters. The lowest BCUT2D eigenvalue weighted by molar-refractivity contribution is -0.136.